The Morgan fingerprint density at radius 3 is 2.40 bits per heavy atom. The zero-order valence-electron chi connectivity index (χ0n) is 12.9. The van der Waals surface area contributed by atoms with Gasteiger partial charge in [0, 0.05) is 13.2 Å². The number of aliphatic hydroxyl groups is 1. The van der Waals surface area contributed by atoms with Crippen LogP contribution in [0.3, 0.4) is 0 Å². The Labute approximate surface area is 123 Å². The first-order valence-electron chi connectivity index (χ1n) is 7.90. The average molecular weight is 309 g/mol. The van der Waals surface area contributed by atoms with E-state index in [2.05, 4.69) is 12.2 Å². The lowest BCUT2D eigenvalue weighted by atomic mass is 10.1. The van der Waals surface area contributed by atoms with Crippen LogP contribution in [0.4, 0.5) is 0 Å². The number of unbranched alkanes of at least 4 members (excludes halogenated alkanes) is 6. The van der Waals surface area contributed by atoms with Crippen LogP contribution in [0.15, 0.2) is 0 Å². The third kappa shape index (κ3) is 14.5. The summed E-state index contributed by atoms with van der Waals surface area (Å²) in [4.78, 5) is 9.61. The lowest BCUT2D eigenvalue weighted by Crippen LogP contribution is -2.20. The van der Waals surface area contributed by atoms with Gasteiger partial charge in [-0.15, -0.1) is 0 Å². The van der Waals surface area contributed by atoms with Crippen molar-refractivity contribution < 1.29 is 19.1 Å². The van der Waals surface area contributed by atoms with Crippen LogP contribution in [0, 0.1) is 0 Å². The highest BCUT2D eigenvalue weighted by Crippen LogP contribution is 2.41. The minimum atomic E-state index is -3.42. The summed E-state index contributed by atoms with van der Waals surface area (Å²) in [7, 11) is -3.42. The molecule has 0 amide bonds. The highest BCUT2D eigenvalue weighted by Gasteiger charge is 2.17. The van der Waals surface area contributed by atoms with Gasteiger partial charge in [0.25, 0.3) is 0 Å². The molecule has 5 nitrogen and oxygen atoms in total. The van der Waals surface area contributed by atoms with Crippen molar-refractivity contribution >= 4 is 7.60 Å². The summed E-state index contributed by atoms with van der Waals surface area (Å²) in [6, 6.07) is 0. The van der Waals surface area contributed by atoms with E-state index in [0.29, 0.717) is 13.2 Å². The fourth-order valence-electron chi connectivity index (χ4n) is 1.86. The molecule has 6 heteroatoms. The number of hydrogen-bond donors (Lipinski definition) is 3. The predicted molar refractivity (Wildman–Crippen MR) is 83.2 cm³/mol. The second-order valence-electron chi connectivity index (χ2n) is 5.14. The van der Waals surface area contributed by atoms with Crippen LogP contribution >= 0.6 is 7.60 Å². The summed E-state index contributed by atoms with van der Waals surface area (Å²) in [5.74, 6) is 0. The number of rotatable bonds is 15. The topological polar surface area (TPSA) is 78.8 Å². The van der Waals surface area contributed by atoms with Gasteiger partial charge in [-0.3, -0.25) is 4.57 Å². The summed E-state index contributed by atoms with van der Waals surface area (Å²) in [6.45, 7) is 4.00. The summed E-state index contributed by atoms with van der Waals surface area (Å²) in [5, 5.41) is 11.7. The number of nitrogens with one attached hydrogen (secondary N) is 1. The molecular weight excluding hydrogens is 277 g/mol. The Balaban J connectivity index is 3.38. The zero-order chi connectivity index (χ0) is 15.1. The Morgan fingerprint density at radius 1 is 1.00 bits per heavy atom. The van der Waals surface area contributed by atoms with E-state index in [-0.39, 0.29) is 12.8 Å². The molecule has 1 atom stereocenters. The second kappa shape index (κ2) is 14.0. The van der Waals surface area contributed by atoms with Gasteiger partial charge >= 0.3 is 7.60 Å². The molecule has 0 aliphatic heterocycles. The van der Waals surface area contributed by atoms with Crippen LogP contribution < -0.4 is 5.32 Å². The summed E-state index contributed by atoms with van der Waals surface area (Å²) in [6.07, 6.45) is 8.64. The molecule has 122 valence electrons. The highest BCUT2D eigenvalue weighted by molar-refractivity contribution is 7.52. The van der Waals surface area contributed by atoms with Gasteiger partial charge in [-0.1, -0.05) is 39.0 Å². The van der Waals surface area contributed by atoms with Gasteiger partial charge in [-0.05, 0) is 25.8 Å². The molecule has 0 saturated heterocycles. The monoisotopic (exact) mass is 309 g/mol. The van der Waals surface area contributed by atoms with Crippen LogP contribution in [-0.2, 0) is 9.09 Å². The van der Waals surface area contributed by atoms with Gasteiger partial charge in [-0.25, -0.2) is 0 Å². The molecular formula is C14H32NO4P. The van der Waals surface area contributed by atoms with Crippen molar-refractivity contribution in [3.05, 3.63) is 0 Å². The molecule has 0 spiro atoms. The lowest BCUT2D eigenvalue weighted by Gasteiger charge is -2.12. The van der Waals surface area contributed by atoms with Crippen molar-refractivity contribution in [2.75, 3.05) is 32.5 Å². The van der Waals surface area contributed by atoms with Crippen LogP contribution in [0.2, 0.25) is 0 Å². The van der Waals surface area contributed by atoms with Gasteiger partial charge in [-0.2, -0.15) is 0 Å². The van der Waals surface area contributed by atoms with E-state index >= 15 is 0 Å². The maximum atomic E-state index is 11.7. The van der Waals surface area contributed by atoms with E-state index in [4.69, 9.17) is 9.63 Å². The van der Waals surface area contributed by atoms with Gasteiger partial charge in [0.05, 0.1) is 12.8 Å². The minimum absolute atomic E-state index is 0.155. The van der Waals surface area contributed by atoms with E-state index < -0.39 is 7.60 Å². The van der Waals surface area contributed by atoms with E-state index in [9.17, 15) is 9.46 Å². The molecule has 1 unspecified atom stereocenters. The molecule has 0 bridgehead atoms. The fourth-order valence-corrected chi connectivity index (χ4v) is 2.85. The largest absolute Gasteiger partial charge is 0.396 e. The summed E-state index contributed by atoms with van der Waals surface area (Å²) < 4.78 is 16.8. The zero-order valence-corrected chi connectivity index (χ0v) is 13.7. The standard InChI is InChI=1S/C14H32NO4P/c1-2-3-4-5-6-9-13-19-20(17,18)14-11-15-10-7-8-12-16/h15-16H,2-14H2,1H3,(H,17,18). The van der Waals surface area contributed by atoms with Crippen LogP contribution in [0.25, 0.3) is 0 Å². The normalized spacial score (nSPS) is 14.3. The smallest absolute Gasteiger partial charge is 0.329 e. The first-order valence-corrected chi connectivity index (χ1v) is 9.66. The van der Waals surface area contributed by atoms with E-state index in [1.54, 1.807) is 0 Å². The molecule has 0 heterocycles. The van der Waals surface area contributed by atoms with Crippen LogP contribution in [0.1, 0.15) is 58.3 Å². The Hall–Kier alpha value is 0.0700. The van der Waals surface area contributed by atoms with Gasteiger partial charge < -0.3 is 19.8 Å². The molecule has 0 fully saturated rings. The average Bonchev–Trinajstić information content (AvgIpc) is 2.41. The number of hydrogen-bond acceptors (Lipinski definition) is 4. The molecule has 20 heavy (non-hydrogen) atoms. The van der Waals surface area contributed by atoms with Crippen molar-refractivity contribution in [3.63, 3.8) is 0 Å². The summed E-state index contributed by atoms with van der Waals surface area (Å²) >= 11 is 0. The minimum Gasteiger partial charge on any atom is -0.396 e. The van der Waals surface area contributed by atoms with E-state index in [0.717, 1.165) is 32.2 Å². The molecule has 0 aliphatic rings. The predicted octanol–water partition coefficient (Wildman–Crippen LogP) is 2.91. The second-order valence-corrected chi connectivity index (χ2v) is 7.12. The van der Waals surface area contributed by atoms with Crippen molar-refractivity contribution in [2.24, 2.45) is 0 Å². The van der Waals surface area contributed by atoms with Crippen molar-refractivity contribution in [1.82, 2.24) is 5.32 Å². The van der Waals surface area contributed by atoms with E-state index in [1.807, 2.05) is 0 Å². The SMILES string of the molecule is CCCCCCCCOP(=O)(O)CCNCCCCO. The molecule has 3 N–H and O–H groups in total. The fraction of sp³-hybridized carbons (Fsp3) is 1.00. The van der Waals surface area contributed by atoms with Crippen molar-refractivity contribution in [3.8, 4) is 0 Å². The molecule has 0 aliphatic carbocycles. The third-order valence-electron chi connectivity index (χ3n) is 3.12. The lowest BCUT2D eigenvalue weighted by molar-refractivity contribution is 0.252. The van der Waals surface area contributed by atoms with Crippen LogP contribution in [0.5, 0.6) is 0 Å². The Bertz CT molecular complexity index is 251. The summed E-state index contributed by atoms with van der Waals surface area (Å²) in [5.41, 5.74) is 0. The highest BCUT2D eigenvalue weighted by atomic mass is 31.2. The molecule has 0 aromatic rings. The third-order valence-corrected chi connectivity index (χ3v) is 4.50. The maximum absolute atomic E-state index is 11.7. The first kappa shape index (κ1) is 20.1. The van der Waals surface area contributed by atoms with Gasteiger partial charge in [0.1, 0.15) is 0 Å². The van der Waals surface area contributed by atoms with Crippen LogP contribution in [-0.4, -0.2) is 42.5 Å². The molecule has 0 saturated carbocycles. The molecule has 0 radical (unpaired) electrons. The number of aliphatic hydroxyl groups excluding tert-OH is 1. The van der Waals surface area contributed by atoms with E-state index in [1.165, 1.54) is 25.7 Å². The quantitative estimate of drug-likeness (QED) is 0.320. The van der Waals surface area contributed by atoms with Crippen molar-refractivity contribution in [1.29, 1.82) is 0 Å². The van der Waals surface area contributed by atoms with Crippen molar-refractivity contribution in [2.45, 2.75) is 58.3 Å². The molecule has 0 rings (SSSR count). The Morgan fingerprint density at radius 2 is 1.70 bits per heavy atom. The van der Waals surface area contributed by atoms with Gasteiger partial charge in [0.15, 0.2) is 0 Å². The maximum Gasteiger partial charge on any atom is 0.329 e. The molecule has 0 aromatic heterocycles. The van der Waals surface area contributed by atoms with Gasteiger partial charge in [0.2, 0.25) is 0 Å². The Kier molecular flexibility index (Phi) is 14.1. The first-order chi connectivity index (χ1) is 9.62. The molecule has 0 aromatic carbocycles.